The number of ketones is 1. The second kappa shape index (κ2) is 10.2. The Hall–Kier alpha value is -3.10. The predicted molar refractivity (Wildman–Crippen MR) is 133 cm³/mol. The molecule has 0 bridgehead atoms. The molecule has 0 spiro atoms. The summed E-state index contributed by atoms with van der Waals surface area (Å²) in [6, 6.07) is 9.27. The van der Waals surface area contributed by atoms with E-state index in [4.69, 9.17) is 4.98 Å². The van der Waals surface area contributed by atoms with Crippen molar-refractivity contribution in [2.75, 3.05) is 26.7 Å². The van der Waals surface area contributed by atoms with E-state index in [1.807, 2.05) is 28.8 Å². The molecule has 4 aromatic rings. The maximum Gasteiger partial charge on any atom is 0.251 e. The molecule has 0 saturated heterocycles. The van der Waals surface area contributed by atoms with Crippen LogP contribution in [0.4, 0.5) is 0 Å². The molecule has 0 unspecified atom stereocenters. The molecular weight excluding hydrogens is 434 g/mol. The van der Waals surface area contributed by atoms with Crippen molar-refractivity contribution in [1.82, 2.24) is 24.6 Å². The number of aromatic nitrogens is 3. The van der Waals surface area contributed by atoms with Crippen LogP contribution in [0.5, 0.6) is 0 Å². The number of thiazole rings is 1. The molecule has 7 nitrogen and oxygen atoms in total. The summed E-state index contributed by atoms with van der Waals surface area (Å²) in [4.78, 5) is 36.8. The summed E-state index contributed by atoms with van der Waals surface area (Å²) in [5, 5.41) is 2.62. The molecule has 0 aliphatic carbocycles. The molecule has 3 heterocycles. The molecule has 0 atom stereocenters. The number of benzene rings is 1. The van der Waals surface area contributed by atoms with Crippen LogP contribution in [0.15, 0.2) is 42.7 Å². The van der Waals surface area contributed by atoms with E-state index < -0.39 is 0 Å². The van der Waals surface area contributed by atoms with Gasteiger partial charge in [-0.3, -0.25) is 19.0 Å². The Kier molecular flexibility index (Phi) is 7.15. The maximum atomic E-state index is 12.6. The van der Waals surface area contributed by atoms with Crippen molar-refractivity contribution in [1.29, 1.82) is 0 Å². The lowest BCUT2D eigenvalue weighted by atomic mass is 10.1. The molecule has 0 aliphatic heterocycles. The van der Waals surface area contributed by atoms with E-state index >= 15 is 0 Å². The minimum Gasteiger partial charge on any atom is -0.355 e. The van der Waals surface area contributed by atoms with Gasteiger partial charge in [-0.05, 0) is 50.7 Å². The average molecular weight is 464 g/mol. The molecule has 4 rings (SSSR count). The van der Waals surface area contributed by atoms with Crippen molar-refractivity contribution in [3.63, 3.8) is 0 Å². The molecule has 0 radical (unpaired) electrons. The van der Waals surface area contributed by atoms with Crippen molar-refractivity contribution < 1.29 is 9.59 Å². The highest BCUT2D eigenvalue weighted by Crippen LogP contribution is 2.30. The Balaban J connectivity index is 1.47. The minimum absolute atomic E-state index is 0.0967. The smallest absolute Gasteiger partial charge is 0.251 e. The van der Waals surface area contributed by atoms with Gasteiger partial charge in [0.1, 0.15) is 5.69 Å². The first kappa shape index (κ1) is 23.1. The summed E-state index contributed by atoms with van der Waals surface area (Å²) in [6.45, 7) is 7.46. The summed E-state index contributed by atoms with van der Waals surface area (Å²) in [5.41, 5.74) is 3.85. The second-order valence-electron chi connectivity index (χ2n) is 7.98. The van der Waals surface area contributed by atoms with Crippen LogP contribution in [0.2, 0.25) is 0 Å². The molecule has 0 aliphatic rings. The topological polar surface area (TPSA) is 79.6 Å². The Morgan fingerprint density at radius 2 is 1.88 bits per heavy atom. The first-order valence-corrected chi connectivity index (χ1v) is 12.2. The van der Waals surface area contributed by atoms with Crippen LogP contribution >= 0.6 is 11.3 Å². The van der Waals surface area contributed by atoms with Crippen molar-refractivity contribution in [2.45, 2.75) is 33.1 Å². The Morgan fingerprint density at radius 3 is 2.58 bits per heavy atom. The van der Waals surface area contributed by atoms with E-state index in [9.17, 15) is 9.59 Å². The summed E-state index contributed by atoms with van der Waals surface area (Å²) in [5.74, 6) is -0.0157. The third-order valence-corrected chi connectivity index (χ3v) is 6.98. The maximum absolute atomic E-state index is 12.6. The first-order chi connectivity index (χ1) is 16.0. The zero-order valence-corrected chi connectivity index (χ0v) is 20.1. The summed E-state index contributed by atoms with van der Waals surface area (Å²) in [6.07, 6.45) is 6.17. The number of nitrogens with one attached hydrogen (secondary N) is 1. The van der Waals surface area contributed by atoms with Crippen molar-refractivity contribution in [3.05, 3.63) is 54.0 Å². The Labute approximate surface area is 197 Å². The van der Waals surface area contributed by atoms with Crippen LogP contribution < -0.4 is 5.32 Å². The zero-order valence-electron chi connectivity index (χ0n) is 19.3. The monoisotopic (exact) mass is 463 g/mol. The summed E-state index contributed by atoms with van der Waals surface area (Å²) < 4.78 is 3.01. The van der Waals surface area contributed by atoms with Crippen LogP contribution in [0.3, 0.4) is 0 Å². The number of carbonyl (C=O) groups excluding carboxylic acids is 2. The lowest BCUT2D eigenvalue weighted by Crippen LogP contribution is -2.24. The molecule has 3 aromatic heterocycles. The van der Waals surface area contributed by atoms with Crippen LogP contribution in [0.25, 0.3) is 26.4 Å². The van der Waals surface area contributed by atoms with Gasteiger partial charge >= 0.3 is 0 Å². The number of Topliss-reactive ketones (excluding diaryl/α,β-unsaturated/α-hetero) is 1. The van der Waals surface area contributed by atoms with Crippen molar-refractivity contribution >= 4 is 38.2 Å². The number of carbonyl (C=O) groups is 2. The third kappa shape index (κ3) is 4.96. The number of pyridine rings is 1. The van der Waals surface area contributed by atoms with Gasteiger partial charge < -0.3 is 10.2 Å². The highest BCUT2D eigenvalue weighted by molar-refractivity contribution is 7.23. The van der Waals surface area contributed by atoms with E-state index in [2.05, 4.69) is 29.0 Å². The van der Waals surface area contributed by atoms with Gasteiger partial charge in [0.2, 0.25) is 0 Å². The molecule has 8 heteroatoms. The molecule has 0 saturated carbocycles. The molecule has 172 valence electrons. The molecule has 0 fully saturated rings. The van der Waals surface area contributed by atoms with Gasteiger partial charge in [0.05, 0.1) is 22.1 Å². The standard InChI is InChI=1S/C25H29N5O2S/c1-4-29(5-2)13-7-6-8-22(31)19-14-23-21(15-27-19)30-16-20(28-25(30)33-23)17-9-11-18(12-10-17)24(32)26-3/h9-12,14-16H,4-8,13H2,1-3H3,(H,26,32). The van der Waals surface area contributed by atoms with Crippen LogP contribution in [-0.4, -0.2) is 57.6 Å². The number of nitrogens with zero attached hydrogens (tertiary/aromatic N) is 4. The fourth-order valence-corrected chi connectivity index (χ4v) is 4.93. The van der Waals surface area contributed by atoms with Crippen LogP contribution in [0, 0.1) is 0 Å². The normalized spacial score (nSPS) is 11.5. The number of amides is 1. The van der Waals surface area contributed by atoms with Gasteiger partial charge in [-0.25, -0.2) is 4.98 Å². The number of hydrogen-bond donors (Lipinski definition) is 1. The van der Waals surface area contributed by atoms with Crippen LogP contribution in [0.1, 0.15) is 54.0 Å². The molecule has 1 amide bonds. The van der Waals surface area contributed by atoms with Gasteiger partial charge in [0.25, 0.3) is 5.91 Å². The zero-order chi connectivity index (χ0) is 23.4. The summed E-state index contributed by atoms with van der Waals surface area (Å²) in [7, 11) is 1.62. The summed E-state index contributed by atoms with van der Waals surface area (Å²) >= 11 is 1.55. The van der Waals surface area contributed by atoms with Gasteiger partial charge in [-0.1, -0.05) is 37.3 Å². The highest BCUT2D eigenvalue weighted by Gasteiger charge is 2.14. The van der Waals surface area contributed by atoms with E-state index in [0.29, 0.717) is 17.7 Å². The van der Waals surface area contributed by atoms with Crippen molar-refractivity contribution in [3.8, 4) is 11.3 Å². The fourth-order valence-electron chi connectivity index (χ4n) is 3.92. The lowest BCUT2D eigenvalue weighted by Gasteiger charge is -2.17. The molecule has 1 N–H and O–H groups in total. The van der Waals surface area contributed by atoms with E-state index in [0.717, 1.165) is 58.9 Å². The first-order valence-electron chi connectivity index (χ1n) is 11.4. The predicted octanol–water partition coefficient (Wildman–Crippen LogP) is 4.67. The molecule has 1 aromatic carbocycles. The third-order valence-electron chi connectivity index (χ3n) is 5.96. The van der Waals surface area contributed by atoms with Crippen LogP contribution in [-0.2, 0) is 0 Å². The fraction of sp³-hybridized carbons (Fsp3) is 0.360. The van der Waals surface area contributed by atoms with Gasteiger partial charge in [-0.2, -0.15) is 0 Å². The van der Waals surface area contributed by atoms with E-state index in [1.54, 1.807) is 36.7 Å². The Morgan fingerprint density at radius 1 is 1.12 bits per heavy atom. The molecular formula is C25H29N5O2S. The minimum atomic E-state index is -0.112. The quantitative estimate of drug-likeness (QED) is 0.273. The second-order valence-corrected chi connectivity index (χ2v) is 8.99. The largest absolute Gasteiger partial charge is 0.355 e. The van der Waals surface area contributed by atoms with Gasteiger partial charge in [0.15, 0.2) is 10.7 Å². The van der Waals surface area contributed by atoms with E-state index in [1.165, 1.54) is 0 Å². The van der Waals surface area contributed by atoms with Crippen molar-refractivity contribution in [2.24, 2.45) is 0 Å². The number of rotatable bonds is 10. The van der Waals surface area contributed by atoms with Gasteiger partial charge in [0, 0.05) is 30.8 Å². The van der Waals surface area contributed by atoms with Gasteiger partial charge in [-0.15, -0.1) is 0 Å². The SMILES string of the molecule is CCN(CC)CCCCC(=O)c1cc2sc3nc(-c4ccc(C(=O)NC)cc4)cn3c2cn1. The highest BCUT2D eigenvalue weighted by atomic mass is 32.1. The number of fused-ring (bicyclic) bond motifs is 3. The molecule has 33 heavy (non-hydrogen) atoms. The number of hydrogen-bond acceptors (Lipinski definition) is 6. The van der Waals surface area contributed by atoms with E-state index in [-0.39, 0.29) is 11.7 Å². The lowest BCUT2D eigenvalue weighted by molar-refractivity contribution is 0.0958. The Bertz CT molecular complexity index is 1270. The number of imidazole rings is 1. The number of unbranched alkanes of at least 4 members (excludes halogenated alkanes) is 1. The average Bonchev–Trinajstić information content (AvgIpc) is 3.41.